The van der Waals surface area contributed by atoms with Crippen LogP contribution in [0.15, 0.2) is 24.3 Å². The summed E-state index contributed by atoms with van der Waals surface area (Å²) in [5, 5.41) is 5.73. The summed E-state index contributed by atoms with van der Waals surface area (Å²) in [4.78, 5) is 17.4. The van der Waals surface area contributed by atoms with Crippen LogP contribution in [0.25, 0.3) is 10.9 Å². The third-order valence-electron chi connectivity index (χ3n) is 5.24. The van der Waals surface area contributed by atoms with E-state index in [9.17, 15) is 4.79 Å². The average molecular weight is 359 g/mol. The van der Waals surface area contributed by atoms with E-state index in [0.29, 0.717) is 5.69 Å². The van der Waals surface area contributed by atoms with Crippen LogP contribution in [0.5, 0.6) is 0 Å². The molecule has 2 aliphatic heterocycles. The Morgan fingerprint density at radius 1 is 1.00 bits per heavy atom. The van der Waals surface area contributed by atoms with E-state index in [4.69, 9.17) is 5.10 Å². The van der Waals surface area contributed by atoms with Crippen molar-refractivity contribution >= 4 is 28.6 Å². The van der Waals surface area contributed by atoms with Crippen LogP contribution in [0.3, 0.4) is 0 Å². The molecule has 2 saturated heterocycles. The number of piperidine rings is 1. The molecule has 2 aliphatic rings. The first-order valence-corrected chi connectivity index (χ1v) is 10.5. The van der Waals surface area contributed by atoms with Gasteiger partial charge in [-0.25, -0.2) is 0 Å². The van der Waals surface area contributed by atoms with Gasteiger partial charge < -0.3 is 9.80 Å². The molecule has 3 heterocycles. The maximum atomic E-state index is 13.0. The standard InChI is InChI=1S/C19H26N4OS/c24-19(22-12-14-25-15-13-22)18-16-6-2-3-7-17(16)23(20-18)11-10-21-8-4-1-5-9-21/h2-3,6-7H,1,4-5,8-15H2. The number of hydrogen-bond donors (Lipinski definition) is 0. The number of rotatable bonds is 4. The Morgan fingerprint density at radius 2 is 1.76 bits per heavy atom. The second kappa shape index (κ2) is 7.79. The fraction of sp³-hybridized carbons (Fsp3) is 0.579. The number of hydrogen-bond acceptors (Lipinski definition) is 4. The van der Waals surface area contributed by atoms with Crippen LogP contribution < -0.4 is 0 Å². The largest absolute Gasteiger partial charge is 0.336 e. The van der Waals surface area contributed by atoms with Crippen LogP contribution in [0, 0.1) is 0 Å². The molecule has 0 bridgehead atoms. The molecule has 0 N–H and O–H groups in total. The molecule has 2 fully saturated rings. The number of amides is 1. The summed E-state index contributed by atoms with van der Waals surface area (Å²) < 4.78 is 2.04. The summed E-state index contributed by atoms with van der Waals surface area (Å²) >= 11 is 1.92. The molecule has 0 aliphatic carbocycles. The number of nitrogens with zero attached hydrogens (tertiary/aromatic N) is 4. The molecule has 4 rings (SSSR count). The first-order chi connectivity index (χ1) is 12.3. The van der Waals surface area contributed by atoms with E-state index in [1.54, 1.807) is 0 Å². The predicted molar refractivity (Wildman–Crippen MR) is 103 cm³/mol. The van der Waals surface area contributed by atoms with Crippen molar-refractivity contribution in [1.29, 1.82) is 0 Å². The highest BCUT2D eigenvalue weighted by atomic mass is 32.2. The minimum atomic E-state index is 0.0909. The lowest BCUT2D eigenvalue weighted by atomic mass is 10.1. The summed E-state index contributed by atoms with van der Waals surface area (Å²) in [5.74, 6) is 2.15. The van der Waals surface area contributed by atoms with Crippen molar-refractivity contribution < 1.29 is 4.79 Å². The fourth-order valence-corrected chi connectivity index (χ4v) is 4.69. The van der Waals surface area contributed by atoms with Gasteiger partial charge in [-0.05, 0) is 32.0 Å². The first-order valence-electron chi connectivity index (χ1n) is 9.38. The van der Waals surface area contributed by atoms with Gasteiger partial charge in [0.1, 0.15) is 0 Å². The molecule has 1 amide bonds. The Balaban J connectivity index is 1.56. The molecule has 25 heavy (non-hydrogen) atoms. The number of thioether (sulfide) groups is 1. The summed E-state index contributed by atoms with van der Waals surface area (Å²) in [6, 6.07) is 8.15. The molecular weight excluding hydrogens is 332 g/mol. The number of benzene rings is 1. The van der Waals surface area contributed by atoms with Crippen molar-refractivity contribution in [3.63, 3.8) is 0 Å². The molecule has 134 valence electrons. The van der Waals surface area contributed by atoms with E-state index < -0.39 is 0 Å². The normalized spacial score (nSPS) is 19.4. The van der Waals surface area contributed by atoms with E-state index >= 15 is 0 Å². The van der Waals surface area contributed by atoms with Crippen LogP contribution in [0.2, 0.25) is 0 Å². The summed E-state index contributed by atoms with van der Waals surface area (Å²) in [5.41, 5.74) is 1.70. The molecule has 1 aromatic heterocycles. The van der Waals surface area contributed by atoms with Crippen LogP contribution >= 0.6 is 11.8 Å². The maximum absolute atomic E-state index is 13.0. The summed E-state index contributed by atoms with van der Waals surface area (Å²) in [6.45, 7) is 5.91. The monoisotopic (exact) mass is 358 g/mol. The topological polar surface area (TPSA) is 41.4 Å². The van der Waals surface area contributed by atoms with E-state index in [0.717, 1.165) is 48.6 Å². The van der Waals surface area contributed by atoms with Crippen LogP contribution in [-0.4, -0.2) is 69.7 Å². The zero-order chi connectivity index (χ0) is 17.1. The van der Waals surface area contributed by atoms with Gasteiger partial charge >= 0.3 is 0 Å². The Morgan fingerprint density at radius 3 is 2.56 bits per heavy atom. The zero-order valence-electron chi connectivity index (χ0n) is 14.7. The average Bonchev–Trinajstić information content (AvgIpc) is 3.06. The third-order valence-corrected chi connectivity index (χ3v) is 6.18. The summed E-state index contributed by atoms with van der Waals surface area (Å²) in [6.07, 6.45) is 3.96. The zero-order valence-corrected chi connectivity index (χ0v) is 15.5. The van der Waals surface area contributed by atoms with Gasteiger partial charge in [0.25, 0.3) is 5.91 Å². The lowest BCUT2D eigenvalue weighted by Crippen LogP contribution is -2.38. The van der Waals surface area contributed by atoms with E-state index in [1.165, 1.54) is 32.4 Å². The predicted octanol–water partition coefficient (Wildman–Crippen LogP) is 2.71. The quantitative estimate of drug-likeness (QED) is 0.843. The minimum absolute atomic E-state index is 0.0909. The Hall–Kier alpha value is -1.53. The lowest BCUT2D eigenvalue weighted by Gasteiger charge is -2.26. The van der Waals surface area contributed by atoms with Gasteiger partial charge in [0.05, 0.1) is 12.1 Å². The van der Waals surface area contributed by atoms with Crippen LogP contribution in [0.1, 0.15) is 29.8 Å². The van der Waals surface area contributed by atoms with Crippen molar-refractivity contribution in [3.8, 4) is 0 Å². The highest BCUT2D eigenvalue weighted by molar-refractivity contribution is 7.99. The Kier molecular flexibility index (Phi) is 5.27. The second-order valence-electron chi connectivity index (χ2n) is 6.90. The second-order valence-corrected chi connectivity index (χ2v) is 8.12. The van der Waals surface area contributed by atoms with Crippen LogP contribution in [-0.2, 0) is 6.54 Å². The molecule has 5 nitrogen and oxygen atoms in total. The number of carbonyl (C=O) groups excluding carboxylic acids is 1. The molecular formula is C19H26N4OS. The molecule has 6 heteroatoms. The fourth-order valence-electron chi connectivity index (χ4n) is 3.79. The molecule has 0 radical (unpaired) electrons. The minimum Gasteiger partial charge on any atom is -0.336 e. The molecule has 0 spiro atoms. The van der Waals surface area contributed by atoms with Gasteiger partial charge in [0.2, 0.25) is 0 Å². The summed E-state index contributed by atoms with van der Waals surface area (Å²) in [7, 11) is 0. The number of aromatic nitrogens is 2. The van der Waals surface area contributed by atoms with Gasteiger partial charge in [-0.15, -0.1) is 0 Å². The Bertz CT molecular complexity index is 732. The first kappa shape index (κ1) is 16.9. The van der Waals surface area contributed by atoms with Gasteiger partial charge in [-0.3, -0.25) is 9.48 Å². The highest BCUT2D eigenvalue weighted by Crippen LogP contribution is 2.21. The molecule has 0 atom stereocenters. The lowest BCUT2D eigenvalue weighted by molar-refractivity contribution is 0.0767. The highest BCUT2D eigenvalue weighted by Gasteiger charge is 2.24. The van der Waals surface area contributed by atoms with E-state index in [-0.39, 0.29) is 5.91 Å². The SMILES string of the molecule is O=C(c1nn(CCN2CCCCC2)c2ccccc12)N1CCSCC1. The molecule has 1 aromatic carbocycles. The van der Waals surface area contributed by atoms with Crippen molar-refractivity contribution in [2.45, 2.75) is 25.8 Å². The smallest absolute Gasteiger partial charge is 0.275 e. The molecule has 0 saturated carbocycles. The van der Waals surface area contributed by atoms with Gasteiger partial charge in [-0.1, -0.05) is 24.6 Å². The van der Waals surface area contributed by atoms with Crippen molar-refractivity contribution in [2.75, 3.05) is 44.2 Å². The number of para-hydroxylation sites is 1. The maximum Gasteiger partial charge on any atom is 0.275 e. The van der Waals surface area contributed by atoms with E-state index in [2.05, 4.69) is 11.0 Å². The number of likely N-dealkylation sites (tertiary alicyclic amines) is 1. The van der Waals surface area contributed by atoms with Crippen molar-refractivity contribution in [2.24, 2.45) is 0 Å². The van der Waals surface area contributed by atoms with Crippen molar-refractivity contribution in [3.05, 3.63) is 30.0 Å². The van der Waals surface area contributed by atoms with Gasteiger partial charge in [0, 0.05) is 36.5 Å². The van der Waals surface area contributed by atoms with Crippen LogP contribution in [0.4, 0.5) is 0 Å². The van der Waals surface area contributed by atoms with E-state index in [1.807, 2.05) is 39.5 Å². The Labute approximate surface area is 153 Å². The van der Waals surface area contributed by atoms with Crippen molar-refractivity contribution in [1.82, 2.24) is 19.6 Å². The molecule has 2 aromatic rings. The molecule has 0 unspecified atom stereocenters. The third kappa shape index (κ3) is 3.70. The number of fused-ring (bicyclic) bond motifs is 1. The van der Waals surface area contributed by atoms with Gasteiger partial charge in [-0.2, -0.15) is 16.9 Å². The van der Waals surface area contributed by atoms with Gasteiger partial charge in [0.15, 0.2) is 5.69 Å². The number of carbonyl (C=O) groups is 1.